The maximum atomic E-state index is 13.0. The normalized spacial score (nSPS) is 23.8. The van der Waals surface area contributed by atoms with E-state index in [9.17, 15) is 14.4 Å². The quantitative estimate of drug-likeness (QED) is 0.711. The summed E-state index contributed by atoms with van der Waals surface area (Å²) in [5.74, 6) is -0.757. The first-order chi connectivity index (χ1) is 16.1. The van der Waals surface area contributed by atoms with Crippen LogP contribution in [-0.4, -0.2) is 60.2 Å². The van der Waals surface area contributed by atoms with E-state index in [2.05, 4.69) is 48.5 Å². The van der Waals surface area contributed by atoms with E-state index in [1.54, 1.807) is 0 Å². The van der Waals surface area contributed by atoms with Crippen molar-refractivity contribution in [3.05, 3.63) is 71.8 Å². The molecule has 172 valence electrons. The standard InChI is InChI=1S/C27H31N3O3/c31-24(19-30-26(32)22-13-7-8-14-23(22)27(30)33)28-15-17-29(18-16-28)25(20-9-3-1-4-10-20)21-11-5-2-6-12-21/h1-6,9-12,22-23,25H,7-8,13-19H2/p+1/t22-,23-/m1/s1. The second-order valence-corrected chi connectivity index (χ2v) is 9.55. The Labute approximate surface area is 195 Å². The minimum atomic E-state index is -0.196. The summed E-state index contributed by atoms with van der Waals surface area (Å²) < 4.78 is 0. The maximum Gasteiger partial charge on any atom is 0.243 e. The van der Waals surface area contributed by atoms with Gasteiger partial charge >= 0.3 is 0 Å². The summed E-state index contributed by atoms with van der Waals surface area (Å²) in [5.41, 5.74) is 2.55. The number of hydrogen-bond donors (Lipinski definition) is 1. The van der Waals surface area contributed by atoms with Gasteiger partial charge in [-0.15, -0.1) is 0 Å². The summed E-state index contributed by atoms with van der Waals surface area (Å²) in [6.07, 6.45) is 3.55. The molecule has 5 rings (SSSR count). The summed E-state index contributed by atoms with van der Waals surface area (Å²) in [4.78, 5) is 43.1. The van der Waals surface area contributed by atoms with Crippen molar-refractivity contribution in [3.8, 4) is 0 Å². The van der Waals surface area contributed by atoms with Crippen LogP contribution in [0.1, 0.15) is 42.9 Å². The third-order valence-corrected chi connectivity index (χ3v) is 7.66. The summed E-state index contributed by atoms with van der Waals surface area (Å²) in [5, 5.41) is 0. The molecule has 2 aromatic carbocycles. The lowest BCUT2D eigenvalue weighted by Gasteiger charge is -2.37. The average Bonchev–Trinajstić information content (AvgIpc) is 3.11. The molecule has 0 aromatic heterocycles. The van der Waals surface area contributed by atoms with Crippen LogP contribution in [0.25, 0.3) is 0 Å². The third kappa shape index (κ3) is 4.32. The van der Waals surface area contributed by atoms with Crippen LogP contribution >= 0.6 is 0 Å². The zero-order valence-electron chi connectivity index (χ0n) is 19.0. The van der Waals surface area contributed by atoms with Crippen molar-refractivity contribution in [1.29, 1.82) is 0 Å². The van der Waals surface area contributed by atoms with Gasteiger partial charge in [-0.05, 0) is 12.8 Å². The van der Waals surface area contributed by atoms with Crippen LogP contribution in [-0.2, 0) is 14.4 Å². The van der Waals surface area contributed by atoms with E-state index in [1.807, 2.05) is 17.0 Å². The maximum absolute atomic E-state index is 13.0. The minimum Gasteiger partial charge on any atom is -0.330 e. The zero-order valence-corrected chi connectivity index (χ0v) is 19.0. The Bertz CT molecular complexity index is 938. The van der Waals surface area contributed by atoms with Gasteiger partial charge in [0, 0.05) is 11.1 Å². The molecule has 2 heterocycles. The molecular weight excluding hydrogens is 414 g/mol. The molecule has 1 saturated carbocycles. The summed E-state index contributed by atoms with van der Waals surface area (Å²) in [6, 6.07) is 21.3. The lowest BCUT2D eigenvalue weighted by Crippen LogP contribution is -3.15. The number of nitrogens with zero attached hydrogens (tertiary/aromatic N) is 2. The number of quaternary nitrogens is 1. The number of likely N-dealkylation sites (tertiary alicyclic amines) is 1. The Morgan fingerprint density at radius 3 is 1.79 bits per heavy atom. The Morgan fingerprint density at radius 2 is 1.30 bits per heavy atom. The van der Waals surface area contributed by atoms with Crippen molar-refractivity contribution in [2.45, 2.75) is 31.7 Å². The third-order valence-electron chi connectivity index (χ3n) is 7.66. The molecule has 0 bridgehead atoms. The highest BCUT2D eigenvalue weighted by atomic mass is 16.2. The van der Waals surface area contributed by atoms with Crippen LogP contribution in [0.3, 0.4) is 0 Å². The smallest absolute Gasteiger partial charge is 0.243 e. The number of benzene rings is 2. The number of nitrogens with one attached hydrogen (secondary N) is 1. The number of imide groups is 1. The fourth-order valence-electron chi connectivity index (χ4n) is 5.91. The molecule has 2 aromatic rings. The van der Waals surface area contributed by atoms with Crippen LogP contribution < -0.4 is 4.90 Å². The molecule has 3 aliphatic rings. The van der Waals surface area contributed by atoms with E-state index in [0.29, 0.717) is 13.1 Å². The van der Waals surface area contributed by atoms with E-state index >= 15 is 0 Å². The second kappa shape index (κ2) is 9.48. The highest BCUT2D eigenvalue weighted by Crippen LogP contribution is 2.37. The molecule has 1 N–H and O–H groups in total. The highest BCUT2D eigenvalue weighted by Gasteiger charge is 2.49. The molecule has 1 aliphatic carbocycles. The zero-order chi connectivity index (χ0) is 22.8. The molecule has 2 aliphatic heterocycles. The van der Waals surface area contributed by atoms with Crippen LogP contribution in [0.2, 0.25) is 0 Å². The molecule has 6 nitrogen and oxygen atoms in total. The Morgan fingerprint density at radius 1 is 0.818 bits per heavy atom. The fourth-order valence-corrected chi connectivity index (χ4v) is 5.91. The van der Waals surface area contributed by atoms with Gasteiger partial charge in [0.15, 0.2) is 0 Å². The predicted molar refractivity (Wildman–Crippen MR) is 124 cm³/mol. The first-order valence-corrected chi connectivity index (χ1v) is 12.2. The average molecular weight is 447 g/mol. The fraction of sp³-hybridized carbons (Fsp3) is 0.444. The topological polar surface area (TPSA) is 62.1 Å². The lowest BCUT2D eigenvalue weighted by atomic mass is 9.81. The van der Waals surface area contributed by atoms with Gasteiger partial charge in [0.2, 0.25) is 17.7 Å². The Kier molecular flexibility index (Phi) is 6.27. The van der Waals surface area contributed by atoms with Gasteiger partial charge in [-0.2, -0.15) is 0 Å². The SMILES string of the molecule is O=C(CN1C(=O)[C@@H]2CCCC[C@H]2C1=O)N1CC[NH+](C(c2ccccc2)c2ccccc2)CC1. The summed E-state index contributed by atoms with van der Waals surface area (Å²) in [6.45, 7) is 2.82. The largest absolute Gasteiger partial charge is 0.330 e. The van der Waals surface area contributed by atoms with Gasteiger partial charge in [-0.1, -0.05) is 73.5 Å². The van der Waals surface area contributed by atoms with Crippen molar-refractivity contribution in [2.24, 2.45) is 11.8 Å². The van der Waals surface area contributed by atoms with Gasteiger partial charge in [-0.3, -0.25) is 19.3 Å². The molecule has 3 amide bonds. The van der Waals surface area contributed by atoms with Crippen molar-refractivity contribution in [3.63, 3.8) is 0 Å². The van der Waals surface area contributed by atoms with Crippen molar-refractivity contribution in [1.82, 2.24) is 9.80 Å². The molecular formula is C27H32N3O3+. The van der Waals surface area contributed by atoms with Gasteiger partial charge in [-0.25, -0.2) is 0 Å². The first-order valence-electron chi connectivity index (χ1n) is 12.2. The van der Waals surface area contributed by atoms with E-state index < -0.39 is 0 Å². The molecule has 2 saturated heterocycles. The summed E-state index contributed by atoms with van der Waals surface area (Å²) >= 11 is 0. The number of rotatable bonds is 5. The van der Waals surface area contributed by atoms with E-state index in [4.69, 9.17) is 0 Å². The number of carbonyl (C=O) groups is 3. The number of amides is 3. The number of hydrogen-bond acceptors (Lipinski definition) is 3. The minimum absolute atomic E-state index is 0.0964. The van der Waals surface area contributed by atoms with Gasteiger partial charge in [0.25, 0.3) is 0 Å². The predicted octanol–water partition coefficient (Wildman–Crippen LogP) is 1.68. The van der Waals surface area contributed by atoms with Crippen molar-refractivity contribution < 1.29 is 19.3 Å². The molecule has 2 atom stereocenters. The van der Waals surface area contributed by atoms with Crippen molar-refractivity contribution in [2.75, 3.05) is 32.7 Å². The highest BCUT2D eigenvalue weighted by molar-refractivity contribution is 6.07. The van der Waals surface area contributed by atoms with Crippen LogP contribution in [0.15, 0.2) is 60.7 Å². The molecule has 0 radical (unpaired) electrons. The van der Waals surface area contributed by atoms with E-state index in [-0.39, 0.29) is 42.1 Å². The number of piperazine rings is 1. The monoisotopic (exact) mass is 446 g/mol. The molecule has 6 heteroatoms. The molecule has 0 unspecified atom stereocenters. The first kappa shape index (κ1) is 21.8. The van der Waals surface area contributed by atoms with E-state index in [1.165, 1.54) is 20.9 Å². The van der Waals surface area contributed by atoms with Gasteiger partial charge in [0.1, 0.15) is 12.6 Å². The number of fused-ring (bicyclic) bond motifs is 1. The Balaban J connectivity index is 1.24. The van der Waals surface area contributed by atoms with Gasteiger partial charge < -0.3 is 9.80 Å². The lowest BCUT2D eigenvalue weighted by molar-refractivity contribution is -0.929. The summed E-state index contributed by atoms with van der Waals surface area (Å²) in [7, 11) is 0. The second-order valence-electron chi connectivity index (χ2n) is 9.55. The van der Waals surface area contributed by atoms with Crippen LogP contribution in [0.5, 0.6) is 0 Å². The number of carbonyl (C=O) groups excluding carboxylic acids is 3. The Hall–Kier alpha value is -2.99. The molecule has 3 fully saturated rings. The molecule has 0 spiro atoms. The van der Waals surface area contributed by atoms with Gasteiger partial charge in [0.05, 0.1) is 38.0 Å². The van der Waals surface area contributed by atoms with Crippen LogP contribution in [0, 0.1) is 11.8 Å². The van der Waals surface area contributed by atoms with Crippen molar-refractivity contribution >= 4 is 17.7 Å². The molecule has 33 heavy (non-hydrogen) atoms. The van der Waals surface area contributed by atoms with E-state index in [0.717, 1.165) is 38.8 Å². The van der Waals surface area contributed by atoms with Crippen LogP contribution in [0.4, 0.5) is 0 Å².